The molecule has 1 aromatic heterocycles. The first-order chi connectivity index (χ1) is 16.4. The lowest BCUT2D eigenvalue weighted by Crippen LogP contribution is -2.51. The first-order valence-electron chi connectivity index (χ1n) is 11.2. The molecule has 4 rings (SSSR count). The standard InChI is InChI=1S/C25H27N5O4/c1-17-6-5-7-18(2)24(17)28-22(31)15-29-10-12-30(13-11-29)23(32)16-34-25(33)21-14-26-19-8-3-4-9-20(19)27-21/h3-9,14H,10-13,15-16H2,1-2H3,(H,28,31). The molecule has 0 bridgehead atoms. The second-order valence-electron chi connectivity index (χ2n) is 8.29. The number of para-hydroxylation sites is 3. The van der Waals surface area contributed by atoms with Gasteiger partial charge in [0.2, 0.25) is 5.91 Å². The van der Waals surface area contributed by atoms with Crippen LogP contribution in [0.25, 0.3) is 11.0 Å². The number of aryl methyl sites for hydroxylation is 2. The number of hydrogen-bond donors (Lipinski definition) is 1. The van der Waals surface area contributed by atoms with Crippen molar-refractivity contribution in [2.24, 2.45) is 0 Å². The molecule has 0 atom stereocenters. The lowest BCUT2D eigenvalue weighted by molar-refractivity contribution is -0.136. The SMILES string of the molecule is Cc1cccc(C)c1NC(=O)CN1CCN(C(=O)COC(=O)c2cnc3ccccc3n2)CC1. The van der Waals surface area contributed by atoms with Gasteiger partial charge in [-0.2, -0.15) is 0 Å². The number of fused-ring (bicyclic) bond motifs is 1. The number of nitrogens with one attached hydrogen (secondary N) is 1. The van der Waals surface area contributed by atoms with Crippen molar-refractivity contribution in [3.63, 3.8) is 0 Å². The number of hydrogen-bond acceptors (Lipinski definition) is 7. The highest BCUT2D eigenvalue weighted by atomic mass is 16.5. The van der Waals surface area contributed by atoms with Gasteiger partial charge in [-0.3, -0.25) is 19.5 Å². The van der Waals surface area contributed by atoms with E-state index in [9.17, 15) is 14.4 Å². The Morgan fingerprint density at radius 1 is 0.941 bits per heavy atom. The van der Waals surface area contributed by atoms with Gasteiger partial charge in [0.25, 0.3) is 5.91 Å². The number of carbonyl (C=O) groups is 3. The molecule has 1 aliphatic rings. The number of nitrogens with zero attached hydrogens (tertiary/aromatic N) is 4. The summed E-state index contributed by atoms with van der Waals surface area (Å²) in [5, 5.41) is 2.99. The predicted octanol–water partition coefficient (Wildman–Crippen LogP) is 2.19. The Kier molecular flexibility index (Phi) is 7.12. The number of amides is 2. The summed E-state index contributed by atoms with van der Waals surface area (Å²) >= 11 is 0. The minimum absolute atomic E-state index is 0.0613. The van der Waals surface area contributed by atoms with Gasteiger partial charge in [0.05, 0.1) is 23.8 Å². The largest absolute Gasteiger partial charge is 0.451 e. The zero-order valence-electron chi connectivity index (χ0n) is 19.3. The van der Waals surface area contributed by atoms with Crippen LogP contribution in [0.4, 0.5) is 5.69 Å². The Bertz CT molecular complexity index is 1200. The van der Waals surface area contributed by atoms with E-state index in [1.165, 1.54) is 6.20 Å². The van der Waals surface area contributed by atoms with Crippen LogP contribution < -0.4 is 5.32 Å². The summed E-state index contributed by atoms with van der Waals surface area (Å²) in [5.41, 5.74) is 4.21. The van der Waals surface area contributed by atoms with Crippen molar-refractivity contribution in [2.45, 2.75) is 13.8 Å². The number of benzene rings is 2. The van der Waals surface area contributed by atoms with Crippen LogP contribution in [0.3, 0.4) is 0 Å². The van der Waals surface area contributed by atoms with Crippen LogP contribution in [0.5, 0.6) is 0 Å². The van der Waals surface area contributed by atoms with Gasteiger partial charge in [0.15, 0.2) is 12.3 Å². The minimum atomic E-state index is -0.687. The summed E-state index contributed by atoms with van der Waals surface area (Å²) in [4.78, 5) is 49.4. The lowest BCUT2D eigenvalue weighted by atomic mass is 10.1. The summed E-state index contributed by atoms with van der Waals surface area (Å²) in [5.74, 6) is -1.04. The van der Waals surface area contributed by atoms with Crippen LogP contribution in [0, 0.1) is 13.8 Å². The van der Waals surface area contributed by atoms with E-state index in [1.54, 1.807) is 17.0 Å². The van der Waals surface area contributed by atoms with Gasteiger partial charge in [-0.15, -0.1) is 0 Å². The van der Waals surface area contributed by atoms with Gasteiger partial charge < -0.3 is 15.0 Å². The number of anilines is 1. The second-order valence-corrected chi connectivity index (χ2v) is 8.29. The maximum atomic E-state index is 12.5. The Labute approximate surface area is 197 Å². The predicted molar refractivity (Wildman–Crippen MR) is 127 cm³/mol. The smallest absolute Gasteiger partial charge is 0.359 e. The second kappa shape index (κ2) is 10.4. The highest BCUT2D eigenvalue weighted by Crippen LogP contribution is 2.19. The molecule has 9 heteroatoms. The molecular weight excluding hydrogens is 434 g/mol. The minimum Gasteiger partial charge on any atom is -0.451 e. The molecule has 2 aromatic carbocycles. The normalized spacial score (nSPS) is 14.1. The fourth-order valence-electron chi connectivity index (χ4n) is 3.90. The van der Waals surface area contributed by atoms with Crippen LogP contribution in [-0.4, -0.2) is 76.9 Å². The lowest BCUT2D eigenvalue weighted by Gasteiger charge is -2.34. The fraction of sp³-hybridized carbons (Fsp3) is 0.320. The van der Waals surface area contributed by atoms with Crippen molar-refractivity contribution in [1.82, 2.24) is 19.8 Å². The summed E-state index contributed by atoms with van der Waals surface area (Å²) in [6, 6.07) is 13.1. The average molecular weight is 462 g/mol. The fourth-order valence-corrected chi connectivity index (χ4v) is 3.90. The average Bonchev–Trinajstić information content (AvgIpc) is 2.85. The van der Waals surface area contributed by atoms with Gasteiger partial charge in [0.1, 0.15) is 0 Å². The van der Waals surface area contributed by atoms with Crippen LogP contribution in [0.2, 0.25) is 0 Å². The molecule has 3 aromatic rings. The molecule has 0 radical (unpaired) electrons. The maximum Gasteiger partial charge on any atom is 0.359 e. The van der Waals surface area contributed by atoms with Crippen LogP contribution in [-0.2, 0) is 14.3 Å². The molecule has 1 N–H and O–H groups in total. The van der Waals surface area contributed by atoms with E-state index in [1.807, 2.05) is 49.1 Å². The molecule has 2 amide bonds. The van der Waals surface area contributed by atoms with Crippen LogP contribution in [0.1, 0.15) is 21.6 Å². The van der Waals surface area contributed by atoms with Gasteiger partial charge in [0, 0.05) is 31.9 Å². The van der Waals surface area contributed by atoms with E-state index >= 15 is 0 Å². The van der Waals surface area contributed by atoms with Gasteiger partial charge >= 0.3 is 5.97 Å². The van der Waals surface area contributed by atoms with Gasteiger partial charge in [-0.1, -0.05) is 30.3 Å². The molecule has 176 valence electrons. The number of aromatic nitrogens is 2. The van der Waals surface area contributed by atoms with Crippen molar-refractivity contribution in [3.8, 4) is 0 Å². The third kappa shape index (κ3) is 5.55. The highest BCUT2D eigenvalue weighted by Gasteiger charge is 2.24. The summed E-state index contributed by atoms with van der Waals surface area (Å²) in [6.07, 6.45) is 1.34. The molecule has 9 nitrogen and oxygen atoms in total. The van der Waals surface area contributed by atoms with Crippen molar-refractivity contribution in [2.75, 3.05) is 44.6 Å². The summed E-state index contributed by atoms with van der Waals surface area (Å²) in [7, 11) is 0. The topological polar surface area (TPSA) is 105 Å². The number of ether oxygens (including phenoxy) is 1. The molecule has 1 saturated heterocycles. The molecule has 2 heterocycles. The number of carbonyl (C=O) groups excluding carboxylic acids is 3. The summed E-state index contributed by atoms with van der Waals surface area (Å²) in [6.45, 7) is 5.88. The van der Waals surface area contributed by atoms with Crippen LogP contribution in [0.15, 0.2) is 48.7 Å². The van der Waals surface area contributed by atoms with Crippen molar-refractivity contribution < 1.29 is 19.1 Å². The Hall–Kier alpha value is -3.85. The van der Waals surface area contributed by atoms with Crippen molar-refractivity contribution >= 4 is 34.5 Å². The molecule has 34 heavy (non-hydrogen) atoms. The zero-order valence-corrected chi connectivity index (χ0v) is 19.3. The molecule has 0 unspecified atom stereocenters. The Morgan fingerprint density at radius 2 is 1.62 bits per heavy atom. The first kappa shape index (κ1) is 23.3. The molecular formula is C25H27N5O4. The number of esters is 1. The third-order valence-corrected chi connectivity index (χ3v) is 5.82. The van der Waals surface area contributed by atoms with Gasteiger partial charge in [-0.25, -0.2) is 9.78 Å². The van der Waals surface area contributed by atoms with E-state index < -0.39 is 5.97 Å². The Balaban J connectivity index is 1.22. The van der Waals surface area contributed by atoms with E-state index in [-0.39, 0.29) is 30.7 Å². The van der Waals surface area contributed by atoms with E-state index in [4.69, 9.17) is 4.74 Å². The molecule has 1 aliphatic heterocycles. The number of piperazine rings is 1. The quantitative estimate of drug-likeness (QED) is 0.561. The third-order valence-electron chi connectivity index (χ3n) is 5.82. The molecule has 0 aliphatic carbocycles. The van der Waals surface area contributed by atoms with E-state index in [0.29, 0.717) is 37.2 Å². The van der Waals surface area contributed by atoms with Crippen molar-refractivity contribution in [1.29, 1.82) is 0 Å². The zero-order chi connectivity index (χ0) is 24.1. The summed E-state index contributed by atoms with van der Waals surface area (Å²) < 4.78 is 5.16. The van der Waals surface area contributed by atoms with Gasteiger partial charge in [-0.05, 0) is 37.1 Å². The highest BCUT2D eigenvalue weighted by molar-refractivity contribution is 5.94. The maximum absolute atomic E-state index is 12.5. The number of rotatable bonds is 6. The monoisotopic (exact) mass is 461 g/mol. The molecule has 1 fully saturated rings. The van der Waals surface area contributed by atoms with E-state index in [0.717, 1.165) is 16.8 Å². The molecule has 0 saturated carbocycles. The van der Waals surface area contributed by atoms with Crippen LogP contribution >= 0.6 is 0 Å². The van der Waals surface area contributed by atoms with Crippen molar-refractivity contribution in [3.05, 3.63) is 65.5 Å². The van der Waals surface area contributed by atoms with E-state index in [2.05, 4.69) is 15.3 Å². The first-order valence-corrected chi connectivity index (χ1v) is 11.2. The molecule has 0 spiro atoms. The Morgan fingerprint density at radius 3 is 2.32 bits per heavy atom.